The van der Waals surface area contributed by atoms with Gasteiger partial charge in [-0.1, -0.05) is 25.0 Å². The van der Waals surface area contributed by atoms with Gasteiger partial charge >= 0.3 is 14.8 Å². The highest BCUT2D eigenvalue weighted by Crippen LogP contribution is 2.18. The molecule has 1 aromatic rings. The molecule has 0 aliphatic heterocycles. The molecule has 0 bridgehead atoms. The van der Waals surface area contributed by atoms with Gasteiger partial charge in [0.05, 0.1) is 13.7 Å². The molecule has 0 radical (unpaired) electrons. The van der Waals surface area contributed by atoms with Gasteiger partial charge in [-0.2, -0.15) is 0 Å². The minimum Gasteiger partial charge on any atom is -0.494 e. The number of carbonyl (C=O) groups is 1. The molecule has 1 rings (SSSR count). The molecule has 0 spiro atoms. The second-order valence-corrected chi connectivity index (χ2v) is 8.82. The molecule has 0 aromatic heterocycles. The van der Waals surface area contributed by atoms with Gasteiger partial charge in [0.25, 0.3) is 0 Å². The van der Waals surface area contributed by atoms with Crippen LogP contribution in [0.25, 0.3) is 6.08 Å². The molecule has 0 N–H and O–H groups in total. The molecule has 0 aliphatic carbocycles. The van der Waals surface area contributed by atoms with Crippen LogP contribution < -0.4 is 4.74 Å². The van der Waals surface area contributed by atoms with E-state index in [0.717, 1.165) is 43.0 Å². The highest BCUT2D eigenvalue weighted by atomic mass is 28.4. The van der Waals surface area contributed by atoms with Crippen molar-refractivity contribution in [2.45, 2.75) is 31.7 Å². The Bertz CT molecular complexity index is 531. The van der Waals surface area contributed by atoms with E-state index in [2.05, 4.69) is 4.74 Å². The van der Waals surface area contributed by atoms with Crippen LogP contribution in [0.4, 0.5) is 0 Å². The summed E-state index contributed by atoms with van der Waals surface area (Å²) in [6, 6.07) is 8.43. The van der Waals surface area contributed by atoms with Gasteiger partial charge in [0.1, 0.15) is 5.75 Å². The molecule has 6 nitrogen and oxygen atoms in total. The molecule has 0 heterocycles. The molecular formula is C19H30O6Si. The molecule has 0 aliphatic rings. The second-order valence-electron chi connectivity index (χ2n) is 5.73. The van der Waals surface area contributed by atoms with Crippen molar-refractivity contribution < 1.29 is 27.5 Å². The number of carbonyl (C=O) groups excluding carboxylic acids is 1. The van der Waals surface area contributed by atoms with Gasteiger partial charge < -0.3 is 22.8 Å². The zero-order valence-electron chi connectivity index (χ0n) is 16.2. The molecule has 0 atom stereocenters. The third-order valence-corrected chi connectivity index (χ3v) is 6.90. The van der Waals surface area contributed by atoms with Crippen molar-refractivity contribution in [1.82, 2.24) is 0 Å². The monoisotopic (exact) mass is 382 g/mol. The van der Waals surface area contributed by atoms with E-state index in [0.29, 0.717) is 6.61 Å². The molecule has 0 amide bonds. The van der Waals surface area contributed by atoms with E-state index >= 15 is 0 Å². The Morgan fingerprint density at radius 3 is 2.12 bits per heavy atom. The van der Waals surface area contributed by atoms with Crippen molar-refractivity contribution in [3.8, 4) is 5.75 Å². The molecule has 1 aromatic carbocycles. The Labute approximate surface area is 157 Å². The van der Waals surface area contributed by atoms with Crippen LogP contribution in [0.15, 0.2) is 30.3 Å². The minimum absolute atomic E-state index is 0.369. The Morgan fingerprint density at radius 1 is 0.923 bits per heavy atom. The summed E-state index contributed by atoms with van der Waals surface area (Å²) >= 11 is 0. The van der Waals surface area contributed by atoms with Crippen molar-refractivity contribution in [2.24, 2.45) is 0 Å². The molecule has 26 heavy (non-hydrogen) atoms. The predicted molar refractivity (Wildman–Crippen MR) is 103 cm³/mol. The molecule has 0 unspecified atom stereocenters. The van der Waals surface area contributed by atoms with Crippen molar-refractivity contribution >= 4 is 20.8 Å². The number of rotatable bonds is 13. The maximum absolute atomic E-state index is 11.1. The summed E-state index contributed by atoms with van der Waals surface area (Å²) in [5.41, 5.74) is 0.921. The summed E-state index contributed by atoms with van der Waals surface area (Å²) < 4.78 is 26.5. The summed E-state index contributed by atoms with van der Waals surface area (Å²) in [7, 11) is 3.86. The third-order valence-electron chi connectivity index (χ3n) is 4.07. The average Bonchev–Trinajstić information content (AvgIpc) is 2.69. The van der Waals surface area contributed by atoms with Gasteiger partial charge in [0, 0.05) is 33.4 Å². The van der Waals surface area contributed by atoms with Crippen LogP contribution >= 0.6 is 0 Å². The second kappa shape index (κ2) is 12.6. The lowest BCUT2D eigenvalue weighted by Crippen LogP contribution is -2.42. The number of esters is 1. The Balaban J connectivity index is 2.20. The van der Waals surface area contributed by atoms with Gasteiger partial charge in [0.2, 0.25) is 0 Å². The van der Waals surface area contributed by atoms with E-state index in [1.165, 1.54) is 13.2 Å². The van der Waals surface area contributed by atoms with Crippen LogP contribution in [0, 0.1) is 0 Å². The highest BCUT2D eigenvalue weighted by molar-refractivity contribution is 6.60. The van der Waals surface area contributed by atoms with E-state index in [1.807, 2.05) is 24.3 Å². The molecule has 7 heteroatoms. The number of unbranched alkanes of at least 4 members (excludes halogenated alkanes) is 3. The Kier molecular flexibility index (Phi) is 10.9. The molecule has 0 saturated carbocycles. The summed E-state index contributed by atoms with van der Waals surface area (Å²) in [6.07, 6.45) is 7.28. The van der Waals surface area contributed by atoms with Gasteiger partial charge in [-0.15, -0.1) is 0 Å². The lowest BCUT2D eigenvalue weighted by Gasteiger charge is -2.24. The number of methoxy groups -OCH3 is 1. The summed E-state index contributed by atoms with van der Waals surface area (Å²) in [4.78, 5) is 11.1. The average molecular weight is 383 g/mol. The molecular weight excluding hydrogens is 352 g/mol. The fourth-order valence-corrected chi connectivity index (χ4v) is 4.25. The van der Waals surface area contributed by atoms with E-state index in [4.69, 9.17) is 18.0 Å². The third kappa shape index (κ3) is 8.14. The lowest BCUT2D eigenvalue weighted by molar-refractivity contribution is -0.134. The van der Waals surface area contributed by atoms with Crippen molar-refractivity contribution in [3.63, 3.8) is 0 Å². The van der Waals surface area contributed by atoms with Crippen LogP contribution in [-0.2, 0) is 22.8 Å². The van der Waals surface area contributed by atoms with Crippen LogP contribution in [0.5, 0.6) is 5.75 Å². The van der Waals surface area contributed by atoms with Gasteiger partial charge in [-0.25, -0.2) is 4.79 Å². The first kappa shape index (κ1) is 22.4. The van der Waals surface area contributed by atoms with Crippen molar-refractivity contribution in [1.29, 1.82) is 0 Å². The highest BCUT2D eigenvalue weighted by Gasteiger charge is 2.36. The summed E-state index contributed by atoms with van der Waals surface area (Å²) in [6.45, 7) is 0.679. The van der Waals surface area contributed by atoms with E-state index in [-0.39, 0.29) is 5.97 Å². The lowest BCUT2D eigenvalue weighted by atomic mass is 10.2. The zero-order chi connectivity index (χ0) is 19.3. The standard InChI is InChI=1S/C19H30O6Si/c1-21-19(20)14-11-17-9-12-18(13-10-17)25-15-7-5-6-8-16-26(22-2,23-3)24-4/h9-14H,5-8,15-16H2,1-4H3/b14-11+. The van der Waals surface area contributed by atoms with Crippen LogP contribution in [0.3, 0.4) is 0 Å². The smallest absolute Gasteiger partial charge is 0.494 e. The van der Waals surface area contributed by atoms with Gasteiger partial charge in [0.15, 0.2) is 0 Å². The van der Waals surface area contributed by atoms with Crippen LogP contribution in [0.2, 0.25) is 6.04 Å². The largest absolute Gasteiger partial charge is 0.500 e. The quantitative estimate of drug-likeness (QED) is 0.224. The Morgan fingerprint density at radius 2 is 1.54 bits per heavy atom. The Hall–Kier alpha value is -1.67. The van der Waals surface area contributed by atoms with Gasteiger partial charge in [-0.05, 0) is 36.6 Å². The van der Waals surface area contributed by atoms with E-state index in [1.54, 1.807) is 27.4 Å². The van der Waals surface area contributed by atoms with Crippen molar-refractivity contribution in [2.75, 3.05) is 35.0 Å². The SMILES string of the molecule is COC(=O)/C=C/c1ccc(OCCCCCC[Si](OC)(OC)OC)cc1. The fraction of sp³-hybridized carbons (Fsp3) is 0.526. The molecule has 0 fully saturated rings. The number of ether oxygens (including phenoxy) is 2. The molecule has 146 valence electrons. The summed E-state index contributed by atoms with van der Waals surface area (Å²) in [5.74, 6) is 0.455. The first-order valence-corrected chi connectivity index (χ1v) is 10.7. The topological polar surface area (TPSA) is 63.2 Å². The van der Waals surface area contributed by atoms with E-state index < -0.39 is 8.80 Å². The normalized spacial score (nSPS) is 11.7. The number of hydrogen-bond acceptors (Lipinski definition) is 6. The molecule has 0 saturated heterocycles. The van der Waals surface area contributed by atoms with E-state index in [9.17, 15) is 4.79 Å². The van der Waals surface area contributed by atoms with Gasteiger partial charge in [-0.3, -0.25) is 0 Å². The fourth-order valence-electron chi connectivity index (χ4n) is 2.45. The maximum atomic E-state index is 11.1. The first-order valence-electron chi connectivity index (χ1n) is 8.73. The predicted octanol–water partition coefficient (Wildman–Crippen LogP) is 3.69. The summed E-state index contributed by atoms with van der Waals surface area (Å²) in [5, 5.41) is 0. The number of hydrogen-bond donors (Lipinski definition) is 0. The van der Waals surface area contributed by atoms with Crippen LogP contribution in [-0.4, -0.2) is 49.8 Å². The first-order chi connectivity index (χ1) is 12.6. The van der Waals surface area contributed by atoms with Crippen LogP contribution in [0.1, 0.15) is 31.2 Å². The minimum atomic E-state index is -2.43. The maximum Gasteiger partial charge on any atom is 0.500 e. The van der Waals surface area contributed by atoms with Crippen molar-refractivity contribution in [3.05, 3.63) is 35.9 Å². The zero-order valence-corrected chi connectivity index (χ0v) is 17.2. The number of benzene rings is 1.